The van der Waals surface area contributed by atoms with Crippen molar-refractivity contribution in [2.75, 3.05) is 13.1 Å². The van der Waals surface area contributed by atoms with Gasteiger partial charge in [0.25, 0.3) is 0 Å². The van der Waals surface area contributed by atoms with Gasteiger partial charge in [-0.25, -0.2) is 5.01 Å². The Bertz CT molecular complexity index is 143. The molecule has 1 atom stereocenters. The molecule has 2 aliphatic rings. The summed E-state index contributed by atoms with van der Waals surface area (Å²) in [7, 11) is 0. The third-order valence-electron chi connectivity index (χ3n) is 3.07. The Kier molecular flexibility index (Phi) is 2.66. The molecule has 1 aliphatic carbocycles. The number of hydrogen-bond donors (Lipinski definition) is 1. The van der Waals surface area contributed by atoms with Crippen LogP contribution in [0.25, 0.3) is 0 Å². The fourth-order valence-electron chi connectivity index (χ4n) is 2.17. The highest BCUT2D eigenvalue weighted by Crippen LogP contribution is 2.37. The molecule has 0 amide bonds. The lowest BCUT2D eigenvalue weighted by molar-refractivity contribution is 0.168. The number of nitrogens with one attached hydrogen (secondary N) is 1. The fraction of sp³-hybridized carbons (Fsp3) is 1.00. The Morgan fingerprint density at radius 3 is 2.83 bits per heavy atom. The standard InChI is InChI=1S/C10H20N2/c1-2-3-8-12-10(6-7-11-12)9-4-5-9/h9-11H,2-8H2,1H3. The van der Waals surface area contributed by atoms with E-state index in [9.17, 15) is 0 Å². The van der Waals surface area contributed by atoms with E-state index in [0.29, 0.717) is 0 Å². The molecule has 70 valence electrons. The SMILES string of the molecule is CCCCN1NCCC1C1CC1. The van der Waals surface area contributed by atoms with Crippen molar-refractivity contribution in [2.24, 2.45) is 5.92 Å². The molecule has 2 heteroatoms. The second kappa shape index (κ2) is 3.75. The summed E-state index contributed by atoms with van der Waals surface area (Å²) >= 11 is 0. The van der Waals surface area contributed by atoms with E-state index in [0.717, 1.165) is 12.0 Å². The van der Waals surface area contributed by atoms with Crippen LogP contribution in [0.2, 0.25) is 0 Å². The maximum absolute atomic E-state index is 3.50. The number of rotatable bonds is 4. The van der Waals surface area contributed by atoms with Gasteiger partial charge in [0.1, 0.15) is 0 Å². The van der Waals surface area contributed by atoms with Gasteiger partial charge in [-0.1, -0.05) is 13.3 Å². The van der Waals surface area contributed by atoms with E-state index >= 15 is 0 Å². The molecule has 12 heavy (non-hydrogen) atoms. The molecule has 2 rings (SSSR count). The van der Waals surface area contributed by atoms with Crippen LogP contribution in [0.5, 0.6) is 0 Å². The first kappa shape index (κ1) is 8.52. The molecule has 1 unspecified atom stereocenters. The molecule has 1 saturated heterocycles. The van der Waals surface area contributed by atoms with Crippen LogP contribution in [0.15, 0.2) is 0 Å². The summed E-state index contributed by atoms with van der Waals surface area (Å²) in [5, 5.41) is 2.50. The number of nitrogens with zero attached hydrogens (tertiary/aromatic N) is 1. The van der Waals surface area contributed by atoms with Crippen LogP contribution in [-0.2, 0) is 0 Å². The molecule has 0 aromatic heterocycles. The summed E-state index contributed by atoms with van der Waals surface area (Å²) < 4.78 is 0. The third-order valence-corrected chi connectivity index (χ3v) is 3.07. The maximum atomic E-state index is 3.50. The van der Waals surface area contributed by atoms with Gasteiger partial charge in [0.15, 0.2) is 0 Å². The van der Waals surface area contributed by atoms with E-state index < -0.39 is 0 Å². The molecule has 2 fully saturated rings. The highest BCUT2D eigenvalue weighted by atomic mass is 15.5. The van der Waals surface area contributed by atoms with Crippen molar-refractivity contribution in [3.63, 3.8) is 0 Å². The van der Waals surface area contributed by atoms with E-state index in [2.05, 4.69) is 17.4 Å². The zero-order valence-corrected chi connectivity index (χ0v) is 8.05. The maximum Gasteiger partial charge on any atom is 0.0284 e. The predicted molar refractivity (Wildman–Crippen MR) is 50.7 cm³/mol. The molecule has 0 radical (unpaired) electrons. The van der Waals surface area contributed by atoms with Gasteiger partial charge in [-0.15, -0.1) is 0 Å². The van der Waals surface area contributed by atoms with Crippen molar-refractivity contribution < 1.29 is 0 Å². The van der Waals surface area contributed by atoms with Crippen molar-refractivity contribution in [1.29, 1.82) is 0 Å². The van der Waals surface area contributed by atoms with Gasteiger partial charge in [-0.3, -0.25) is 5.43 Å². The Balaban J connectivity index is 1.78. The van der Waals surface area contributed by atoms with Gasteiger partial charge in [-0.2, -0.15) is 0 Å². The summed E-state index contributed by atoms with van der Waals surface area (Å²) in [6.45, 7) is 4.74. The Hall–Kier alpha value is -0.0800. The summed E-state index contributed by atoms with van der Waals surface area (Å²) in [5.74, 6) is 1.04. The second-order valence-corrected chi connectivity index (χ2v) is 4.15. The van der Waals surface area contributed by atoms with E-state index in [1.54, 1.807) is 0 Å². The number of unbranched alkanes of at least 4 members (excludes halogenated alkanes) is 1. The van der Waals surface area contributed by atoms with E-state index in [1.807, 2.05) is 0 Å². The van der Waals surface area contributed by atoms with E-state index in [1.165, 1.54) is 45.2 Å². The highest BCUT2D eigenvalue weighted by Gasteiger charge is 2.37. The molecule has 1 N–H and O–H groups in total. The fourth-order valence-corrected chi connectivity index (χ4v) is 2.17. The molecule has 0 spiro atoms. The Labute approximate surface area is 75.3 Å². The summed E-state index contributed by atoms with van der Waals surface area (Å²) in [4.78, 5) is 0. The number of hydrogen-bond acceptors (Lipinski definition) is 2. The Morgan fingerprint density at radius 1 is 1.33 bits per heavy atom. The summed E-state index contributed by atoms with van der Waals surface area (Å²) in [6.07, 6.45) is 7.00. The first-order chi connectivity index (χ1) is 5.92. The van der Waals surface area contributed by atoms with Gasteiger partial charge < -0.3 is 0 Å². The smallest absolute Gasteiger partial charge is 0.0284 e. The van der Waals surface area contributed by atoms with Crippen molar-refractivity contribution >= 4 is 0 Å². The van der Waals surface area contributed by atoms with E-state index in [-0.39, 0.29) is 0 Å². The molecule has 0 aromatic carbocycles. The van der Waals surface area contributed by atoms with Crippen molar-refractivity contribution in [3.8, 4) is 0 Å². The largest absolute Gasteiger partial charge is 0.255 e. The normalized spacial score (nSPS) is 31.2. The van der Waals surface area contributed by atoms with Gasteiger partial charge in [-0.05, 0) is 31.6 Å². The molecule has 0 bridgehead atoms. The van der Waals surface area contributed by atoms with Crippen molar-refractivity contribution in [3.05, 3.63) is 0 Å². The molecule has 1 saturated carbocycles. The van der Waals surface area contributed by atoms with Crippen LogP contribution in [0.4, 0.5) is 0 Å². The minimum Gasteiger partial charge on any atom is -0.255 e. The van der Waals surface area contributed by atoms with Crippen LogP contribution in [0.3, 0.4) is 0 Å². The summed E-state index contributed by atoms with van der Waals surface area (Å²) in [6, 6.07) is 0.886. The van der Waals surface area contributed by atoms with Gasteiger partial charge in [0.05, 0.1) is 0 Å². The van der Waals surface area contributed by atoms with E-state index in [4.69, 9.17) is 0 Å². The quantitative estimate of drug-likeness (QED) is 0.688. The van der Waals surface area contributed by atoms with Gasteiger partial charge in [0, 0.05) is 19.1 Å². The monoisotopic (exact) mass is 168 g/mol. The Morgan fingerprint density at radius 2 is 2.17 bits per heavy atom. The minimum atomic E-state index is 0.886. The van der Waals surface area contributed by atoms with Gasteiger partial charge in [0.2, 0.25) is 0 Å². The van der Waals surface area contributed by atoms with Crippen LogP contribution < -0.4 is 5.43 Å². The van der Waals surface area contributed by atoms with Crippen molar-refractivity contribution in [1.82, 2.24) is 10.4 Å². The zero-order chi connectivity index (χ0) is 8.39. The number of hydrazine groups is 1. The lowest BCUT2D eigenvalue weighted by Gasteiger charge is -2.23. The van der Waals surface area contributed by atoms with Crippen LogP contribution in [0.1, 0.15) is 39.0 Å². The van der Waals surface area contributed by atoms with Crippen molar-refractivity contribution in [2.45, 2.75) is 45.1 Å². The molecular formula is C10H20N2. The van der Waals surface area contributed by atoms with Crippen LogP contribution >= 0.6 is 0 Å². The predicted octanol–water partition coefficient (Wildman–Crippen LogP) is 1.78. The zero-order valence-electron chi connectivity index (χ0n) is 8.05. The second-order valence-electron chi connectivity index (χ2n) is 4.15. The highest BCUT2D eigenvalue weighted by molar-refractivity contribution is 4.90. The minimum absolute atomic E-state index is 0.886. The van der Waals surface area contributed by atoms with Crippen LogP contribution in [0, 0.1) is 5.92 Å². The topological polar surface area (TPSA) is 15.3 Å². The molecule has 1 heterocycles. The lowest BCUT2D eigenvalue weighted by Crippen LogP contribution is -2.38. The first-order valence-electron chi connectivity index (χ1n) is 5.42. The average molecular weight is 168 g/mol. The average Bonchev–Trinajstić information content (AvgIpc) is 2.83. The van der Waals surface area contributed by atoms with Crippen LogP contribution in [-0.4, -0.2) is 24.1 Å². The first-order valence-corrected chi connectivity index (χ1v) is 5.42. The van der Waals surface area contributed by atoms with Gasteiger partial charge >= 0.3 is 0 Å². The molecule has 0 aromatic rings. The third kappa shape index (κ3) is 1.80. The lowest BCUT2D eigenvalue weighted by atomic mass is 10.1. The molecule has 1 aliphatic heterocycles. The molecule has 2 nitrogen and oxygen atoms in total. The summed E-state index contributed by atoms with van der Waals surface area (Å²) in [5.41, 5.74) is 3.50. The molecular weight excluding hydrogens is 148 g/mol.